The smallest absolute Gasteiger partial charge is 0.321 e. The fourth-order valence-electron chi connectivity index (χ4n) is 4.60. The van der Waals surface area contributed by atoms with Crippen molar-refractivity contribution in [3.8, 4) is 0 Å². The molecule has 0 spiro atoms. The number of carboxylic acid groups (broad SMARTS) is 1. The van der Waals surface area contributed by atoms with Gasteiger partial charge in [-0.1, -0.05) is 19.3 Å². The molecule has 4 atom stereocenters. The summed E-state index contributed by atoms with van der Waals surface area (Å²) < 4.78 is 0. The maximum absolute atomic E-state index is 12.4. The van der Waals surface area contributed by atoms with Crippen LogP contribution in [0.25, 0.3) is 0 Å². The van der Waals surface area contributed by atoms with E-state index in [0.717, 1.165) is 38.6 Å². The molecule has 0 aromatic carbocycles. The third-order valence-corrected chi connectivity index (χ3v) is 5.76. The number of carboxylic acids is 1. The van der Waals surface area contributed by atoms with E-state index in [1.165, 1.54) is 12.8 Å². The highest BCUT2D eigenvalue weighted by molar-refractivity contribution is 5.83. The second kappa shape index (κ2) is 5.95. The van der Waals surface area contributed by atoms with Gasteiger partial charge < -0.3 is 10.4 Å². The van der Waals surface area contributed by atoms with Gasteiger partial charge in [-0.3, -0.25) is 14.5 Å². The van der Waals surface area contributed by atoms with E-state index in [1.54, 1.807) is 0 Å². The molecule has 0 aromatic heterocycles. The van der Waals surface area contributed by atoms with Crippen LogP contribution in [-0.4, -0.2) is 46.6 Å². The van der Waals surface area contributed by atoms with Gasteiger partial charge in [0.25, 0.3) is 0 Å². The fourth-order valence-corrected chi connectivity index (χ4v) is 4.60. The summed E-state index contributed by atoms with van der Waals surface area (Å²) in [6, 6.07) is -0.510. The van der Waals surface area contributed by atoms with E-state index < -0.39 is 12.0 Å². The molecule has 5 nitrogen and oxygen atoms in total. The molecular weight excluding hydrogens is 268 g/mol. The number of fused-ring (bicyclic) bond motifs is 1. The molecule has 0 aromatic rings. The summed E-state index contributed by atoms with van der Waals surface area (Å²) in [4.78, 5) is 26.0. The van der Waals surface area contributed by atoms with E-state index in [0.29, 0.717) is 12.0 Å². The van der Waals surface area contributed by atoms with E-state index in [2.05, 4.69) is 5.32 Å². The van der Waals surface area contributed by atoms with Crippen molar-refractivity contribution in [3.63, 3.8) is 0 Å². The molecule has 5 heteroatoms. The predicted molar refractivity (Wildman–Crippen MR) is 78.8 cm³/mol. The number of nitrogens with one attached hydrogen (secondary N) is 1. The van der Waals surface area contributed by atoms with Gasteiger partial charge in [-0.15, -0.1) is 0 Å². The summed E-state index contributed by atoms with van der Waals surface area (Å²) in [5.74, 6) is -0.0462. The van der Waals surface area contributed by atoms with E-state index >= 15 is 0 Å². The Balaban J connectivity index is 1.66. The molecule has 1 aliphatic heterocycles. The second-order valence-electron chi connectivity index (χ2n) is 7.00. The molecule has 0 radical (unpaired) electrons. The minimum atomic E-state index is -0.759. The van der Waals surface area contributed by atoms with Crippen molar-refractivity contribution >= 4 is 11.9 Å². The van der Waals surface area contributed by atoms with Crippen LogP contribution in [0.15, 0.2) is 0 Å². The Morgan fingerprint density at radius 1 is 1.14 bits per heavy atom. The molecule has 2 N–H and O–H groups in total. The van der Waals surface area contributed by atoms with Crippen molar-refractivity contribution in [1.29, 1.82) is 0 Å². The van der Waals surface area contributed by atoms with Gasteiger partial charge in [0.2, 0.25) is 5.91 Å². The third-order valence-electron chi connectivity index (χ3n) is 5.76. The van der Waals surface area contributed by atoms with Crippen LogP contribution < -0.4 is 5.32 Å². The van der Waals surface area contributed by atoms with Crippen LogP contribution in [0.5, 0.6) is 0 Å². The van der Waals surface area contributed by atoms with Crippen molar-refractivity contribution < 1.29 is 14.7 Å². The molecule has 3 rings (SSSR count). The van der Waals surface area contributed by atoms with Crippen LogP contribution >= 0.6 is 0 Å². The number of amides is 1. The number of carbonyl (C=O) groups is 2. The number of likely N-dealkylation sites (tertiary alicyclic amines) is 1. The van der Waals surface area contributed by atoms with Crippen molar-refractivity contribution in [2.75, 3.05) is 6.54 Å². The Morgan fingerprint density at radius 3 is 2.52 bits per heavy atom. The van der Waals surface area contributed by atoms with Gasteiger partial charge in [-0.05, 0) is 44.4 Å². The Labute approximate surface area is 126 Å². The van der Waals surface area contributed by atoms with Crippen LogP contribution in [0.4, 0.5) is 0 Å². The molecule has 3 aliphatic rings. The lowest BCUT2D eigenvalue weighted by molar-refractivity contribution is -0.145. The monoisotopic (exact) mass is 294 g/mol. The minimum Gasteiger partial charge on any atom is -0.480 e. The number of aliphatic carboxylic acids is 1. The van der Waals surface area contributed by atoms with Gasteiger partial charge >= 0.3 is 5.97 Å². The van der Waals surface area contributed by atoms with E-state index in [4.69, 9.17) is 0 Å². The zero-order chi connectivity index (χ0) is 15.0. The van der Waals surface area contributed by atoms with Crippen LogP contribution in [0, 0.1) is 11.8 Å². The molecule has 4 unspecified atom stereocenters. The van der Waals surface area contributed by atoms with Gasteiger partial charge in [0.1, 0.15) is 6.04 Å². The van der Waals surface area contributed by atoms with Gasteiger partial charge in [0, 0.05) is 12.6 Å². The fraction of sp³-hybridized carbons (Fsp3) is 0.875. The topological polar surface area (TPSA) is 69.6 Å². The minimum absolute atomic E-state index is 0.00752. The highest BCUT2D eigenvalue weighted by Gasteiger charge is 2.50. The molecule has 118 valence electrons. The lowest BCUT2D eigenvalue weighted by Crippen LogP contribution is -2.52. The van der Waals surface area contributed by atoms with Crippen molar-refractivity contribution in [3.05, 3.63) is 0 Å². The largest absolute Gasteiger partial charge is 0.480 e. The number of hydrogen-bond acceptors (Lipinski definition) is 3. The molecule has 1 saturated heterocycles. The van der Waals surface area contributed by atoms with Crippen LogP contribution in [0.2, 0.25) is 0 Å². The van der Waals surface area contributed by atoms with Crippen molar-refractivity contribution in [1.82, 2.24) is 10.2 Å². The summed E-state index contributed by atoms with van der Waals surface area (Å²) in [7, 11) is 0. The van der Waals surface area contributed by atoms with E-state index in [1.807, 2.05) is 11.8 Å². The first-order chi connectivity index (χ1) is 10.1. The first-order valence-electron chi connectivity index (χ1n) is 8.37. The molecule has 3 fully saturated rings. The molecule has 1 heterocycles. The normalized spacial score (nSPS) is 34.8. The number of carbonyl (C=O) groups excluding carboxylic acids is 1. The van der Waals surface area contributed by atoms with Crippen LogP contribution in [-0.2, 0) is 9.59 Å². The third kappa shape index (κ3) is 2.80. The molecule has 0 bridgehead atoms. The number of rotatable bonds is 4. The molecular formula is C16H26N2O3. The first kappa shape index (κ1) is 14.8. The average Bonchev–Trinajstić information content (AvgIpc) is 3.12. The SMILES string of the molecule is CC(C(=O)NC1CCCC1)N1CC2CCCC2C1C(=O)O. The lowest BCUT2D eigenvalue weighted by Gasteiger charge is -2.30. The summed E-state index contributed by atoms with van der Waals surface area (Å²) >= 11 is 0. The van der Waals surface area contributed by atoms with Gasteiger partial charge in [0.15, 0.2) is 0 Å². The van der Waals surface area contributed by atoms with Crippen molar-refractivity contribution in [2.24, 2.45) is 11.8 Å². The Kier molecular flexibility index (Phi) is 4.20. The van der Waals surface area contributed by atoms with Crippen LogP contribution in [0.3, 0.4) is 0 Å². The Bertz CT molecular complexity index is 420. The number of nitrogens with zero attached hydrogens (tertiary/aromatic N) is 1. The van der Waals surface area contributed by atoms with Gasteiger partial charge in [-0.2, -0.15) is 0 Å². The summed E-state index contributed by atoms with van der Waals surface area (Å²) in [6.45, 7) is 2.63. The standard InChI is InChI=1S/C16H26N2O3/c1-10(15(19)17-12-6-2-3-7-12)18-9-11-5-4-8-13(11)14(18)16(20)21/h10-14H,2-9H2,1H3,(H,17,19)(H,20,21). The summed E-state index contributed by atoms with van der Waals surface area (Å²) in [6.07, 6.45) is 7.74. The lowest BCUT2D eigenvalue weighted by atomic mass is 9.94. The quantitative estimate of drug-likeness (QED) is 0.826. The van der Waals surface area contributed by atoms with Gasteiger partial charge in [-0.25, -0.2) is 0 Å². The van der Waals surface area contributed by atoms with Gasteiger partial charge in [0.05, 0.1) is 6.04 Å². The number of hydrogen-bond donors (Lipinski definition) is 2. The molecule has 2 saturated carbocycles. The second-order valence-corrected chi connectivity index (χ2v) is 7.00. The molecule has 1 amide bonds. The zero-order valence-electron chi connectivity index (χ0n) is 12.8. The van der Waals surface area contributed by atoms with Crippen LogP contribution in [0.1, 0.15) is 51.9 Å². The Morgan fingerprint density at radius 2 is 1.86 bits per heavy atom. The zero-order valence-corrected chi connectivity index (χ0v) is 12.8. The Hall–Kier alpha value is -1.10. The van der Waals surface area contributed by atoms with E-state index in [-0.39, 0.29) is 17.9 Å². The summed E-state index contributed by atoms with van der Waals surface area (Å²) in [5, 5.41) is 12.7. The summed E-state index contributed by atoms with van der Waals surface area (Å²) in [5.41, 5.74) is 0. The first-order valence-corrected chi connectivity index (χ1v) is 8.37. The highest BCUT2D eigenvalue weighted by Crippen LogP contribution is 2.43. The highest BCUT2D eigenvalue weighted by atomic mass is 16.4. The molecule has 21 heavy (non-hydrogen) atoms. The maximum atomic E-state index is 12.4. The van der Waals surface area contributed by atoms with E-state index in [9.17, 15) is 14.7 Å². The predicted octanol–water partition coefficient (Wildman–Crippen LogP) is 1.62. The molecule has 2 aliphatic carbocycles. The maximum Gasteiger partial charge on any atom is 0.321 e. The van der Waals surface area contributed by atoms with Crippen molar-refractivity contribution in [2.45, 2.75) is 70.0 Å². The average molecular weight is 294 g/mol.